The van der Waals surface area contributed by atoms with Crippen LogP contribution in [0.1, 0.15) is 16.2 Å². The van der Waals surface area contributed by atoms with Gasteiger partial charge in [-0.2, -0.15) is 15.0 Å². The number of nitrogens with zero attached hydrogens (tertiary/aromatic N) is 3. The van der Waals surface area contributed by atoms with E-state index in [0.29, 0.717) is 5.69 Å². The SMILES string of the molecule is Nc1nc(COC(=O)c2ccc(O)cc2O)nc(Nc2ccc(F)cc2)n1. The van der Waals surface area contributed by atoms with Gasteiger partial charge >= 0.3 is 5.97 Å². The number of carbonyl (C=O) groups is 1. The van der Waals surface area contributed by atoms with E-state index in [1.807, 2.05) is 0 Å². The van der Waals surface area contributed by atoms with E-state index in [2.05, 4.69) is 20.3 Å². The molecule has 138 valence electrons. The molecule has 5 N–H and O–H groups in total. The first kappa shape index (κ1) is 17.9. The van der Waals surface area contributed by atoms with Crippen LogP contribution in [0, 0.1) is 5.82 Å². The molecule has 0 fully saturated rings. The lowest BCUT2D eigenvalue weighted by molar-refractivity contribution is 0.0459. The van der Waals surface area contributed by atoms with Gasteiger partial charge < -0.3 is 26.0 Å². The number of nitrogens with two attached hydrogens (primary N) is 1. The van der Waals surface area contributed by atoms with Crippen LogP contribution in [0.2, 0.25) is 0 Å². The van der Waals surface area contributed by atoms with Crippen LogP contribution in [0.15, 0.2) is 42.5 Å². The Balaban J connectivity index is 1.70. The van der Waals surface area contributed by atoms with Crippen LogP contribution in [0.4, 0.5) is 22.0 Å². The normalized spacial score (nSPS) is 10.4. The average Bonchev–Trinajstić information content (AvgIpc) is 2.61. The molecule has 2 aromatic carbocycles. The molecule has 0 spiro atoms. The monoisotopic (exact) mass is 371 g/mol. The second-order valence-electron chi connectivity index (χ2n) is 5.34. The highest BCUT2D eigenvalue weighted by Gasteiger charge is 2.15. The number of phenols is 2. The van der Waals surface area contributed by atoms with Gasteiger partial charge in [-0.25, -0.2) is 9.18 Å². The van der Waals surface area contributed by atoms with Crippen molar-refractivity contribution in [2.75, 3.05) is 11.1 Å². The number of ether oxygens (including phenoxy) is 1. The van der Waals surface area contributed by atoms with Gasteiger partial charge in [0, 0.05) is 11.8 Å². The number of carbonyl (C=O) groups excluding carboxylic acids is 1. The molecular weight excluding hydrogens is 357 g/mol. The van der Waals surface area contributed by atoms with E-state index in [1.165, 1.54) is 36.4 Å². The summed E-state index contributed by atoms with van der Waals surface area (Å²) in [5.41, 5.74) is 6.03. The van der Waals surface area contributed by atoms with E-state index in [4.69, 9.17) is 10.5 Å². The predicted octanol–water partition coefficient (Wildman–Crippen LogP) is 2.10. The predicted molar refractivity (Wildman–Crippen MR) is 92.8 cm³/mol. The van der Waals surface area contributed by atoms with Crippen LogP contribution in [0.25, 0.3) is 0 Å². The van der Waals surface area contributed by atoms with Crippen LogP contribution in [0.5, 0.6) is 11.5 Å². The van der Waals surface area contributed by atoms with Crippen molar-refractivity contribution in [3.8, 4) is 11.5 Å². The van der Waals surface area contributed by atoms with Gasteiger partial charge in [-0.15, -0.1) is 0 Å². The maximum Gasteiger partial charge on any atom is 0.342 e. The summed E-state index contributed by atoms with van der Waals surface area (Å²) in [5, 5.41) is 21.7. The van der Waals surface area contributed by atoms with E-state index < -0.39 is 11.7 Å². The summed E-state index contributed by atoms with van der Waals surface area (Å²) in [6, 6.07) is 8.98. The van der Waals surface area contributed by atoms with Crippen molar-refractivity contribution >= 4 is 23.6 Å². The first-order valence-corrected chi connectivity index (χ1v) is 7.63. The lowest BCUT2D eigenvalue weighted by Gasteiger charge is -2.09. The van der Waals surface area contributed by atoms with Gasteiger partial charge in [0.25, 0.3) is 0 Å². The Bertz CT molecular complexity index is 982. The third kappa shape index (κ3) is 4.57. The number of anilines is 3. The number of nitrogens with one attached hydrogen (secondary N) is 1. The van der Waals surface area contributed by atoms with Gasteiger partial charge in [0.05, 0.1) is 0 Å². The summed E-state index contributed by atoms with van der Waals surface area (Å²) in [7, 11) is 0. The molecule has 3 aromatic rings. The van der Waals surface area contributed by atoms with E-state index >= 15 is 0 Å². The Morgan fingerprint density at radius 2 is 1.85 bits per heavy atom. The molecule has 0 aliphatic carbocycles. The van der Waals surface area contributed by atoms with Crippen LogP contribution in [-0.2, 0) is 11.3 Å². The van der Waals surface area contributed by atoms with Gasteiger partial charge in [-0.1, -0.05) is 0 Å². The van der Waals surface area contributed by atoms with Crippen LogP contribution in [-0.4, -0.2) is 31.1 Å². The van der Waals surface area contributed by atoms with Crippen molar-refractivity contribution < 1.29 is 24.1 Å². The van der Waals surface area contributed by atoms with Crippen molar-refractivity contribution in [1.29, 1.82) is 0 Å². The van der Waals surface area contributed by atoms with E-state index in [9.17, 15) is 19.4 Å². The van der Waals surface area contributed by atoms with Gasteiger partial charge in [0.1, 0.15) is 22.9 Å². The molecular formula is C17H14FN5O4. The minimum absolute atomic E-state index is 0.0683. The van der Waals surface area contributed by atoms with Gasteiger partial charge in [-0.05, 0) is 36.4 Å². The summed E-state index contributed by atoms with van der Waals surface area (Å²) in [4.78, 5) is 23.9. The van der Waals surface area contributed by atoms with Crippen molar-refractivity contribution in [2.45, 2.75) is 6.61 Å². The zero-order valence-corrected chi connectivity index (χ0v) is 13.8. The second-order valence-corrected chi connectivity index (χ2v) is 5.34. The number of aromatic hydroxyl groups is 2. The Kier molecular flexibility index (Phi) is 4.97. The lowest BCUT2D eigenvalue weighted by atomic mass is 10.2. The Morgan fingerprint density at radius 3 is 2.56 bits per heavy atom. The van der Waals surface area contributed by atoms with E-state index in [0.717, 1.165) is 6.07 Å². The molecule has 1 aromatic heterocycles. The van der Waals surface area contributed by atoms with Crippen molar-refractivity contribution in [1.82, 2.24) is 15.0 Å². The highest BCUT2D eigenvalue weighted by Crippen LogP contribution is 2.23. The number of halogens is 1. The second kappa shape index (κ2) is 7.52. The van der Waals surface area contributed by atoms with Gasteiger partial charge in [0.2, 0.25) is 11.9 Å². The van der Waals surface area contributed by atoms with E-state index in [1.54, 1.807) is 0 Å². The molecule has 10 heteroatoms. The summed E-state index contributed by atoms with van der Waals surface area (Å²) < 4.78 is 18.0. The fraction of sp³-hybridized carbons (Fsp3) is 0.0588. The third-order valence-corrected chi connectivity index (χ3v) is 3.33. The van der Waals surface area contributed by atoms with E-state index in [-0.39, 0.29) is 41.5 Å². The van der Waals surface area contributed by atoms with Gasteiger partial charge in [0.15, 0.2) is 12.4 Å². The third-order valence-electron chi connectivity index (χ3n) is 3.33. The lowest BCUT2D eigenvalue weighted by Crippen LogP contribution is -2.11. The van der Waals surface area contributed by atoms with Crippen LogP contribution < -0.4 is 11.1 Å². The number of hydrogen-bond acceptors (Lipinski definition) is 9. The number of nitrogen functional groups attached to an aromatic ring is 1. The smallest absolute Gasteiger partial charge is 0.342 e. The minimum Gasteiger partial charge on any atom is -0.508 e. The standard InChI is InChI=1S/C17H14FN5O4/c18-9-1-3-10(4-2-9)20-17-22-14(21-16(19)23-17)8-27-15(26)12-6-5-11(24)7-13(12)25/h1-7,24-25H,8H2,(H3,19,20,21,22,23). The molecule has 0 amide bonds. The Labute approximate surface area is 152 Å². The minimum atomic E-state index is -0.834. The molecule has 0 saturated carbocycles. The highest BCUT2D eigenvalue weighted by molar-refractivity contribution is 5.92. The maximum atomic E-state index is 13.0. The molecule has 0 radical (unpaired) electrons. The summed E-state index contributed by atoms with van der Waals surface area (Å²) in [6.45, 7) is -0.329. The summed E-state index contributed by atoms with van der Waals surface area (Å²) in [5.74, 6) is -1.78. The zero-order chi connectivity index (χ0) is 19.4. The fourth-order valence-corrected chi connectivity index (χ4v) is 2.12. The number of aromatic nitrogens is 3. The van der Waals surface area contributed by atoms with Crippen LogP contribution in [0.3, 0.4) is 0 Å². The van der Waals surface area contributed by atoms with Crippen LogP contribution >= 0.6 is 0 Å². The van der Waals surface area contributed by atoms with Gasteiger partial charge in [-0.3, -0.25) is 0 Å². The fourth-order valence-electron chi connectivity index (χ4n) is 2.12. The number of benzene rings is 2. The molecule has 0 atom stereocenters. The molecule has 27 heavy (non-hydrogen) atoms. The average molecular weight is 371 g/mol. The molecule has 0 aliphatic rings. The zero-order valence-electron chi connectivity index (χ0n) is 13.8. The number of esters is 1. The maximum absolute atomic E-state index is 13.0. The molecule has 1 heterocycles. The molecule has 0 aliphatic heterocycles. The first-order valence-electron chi connectivity index (χ1n) is 7.63. The van der Waals surface area contributed by atoms with Crippen molar-refractivity contribution in [3.63, 3.8) is 0 Å². The topological polar surface area (TPSA) is 143 Å². The number of hydrogen-bond donors (Lipinski definition) is 4. The molecule has 0 unspecified atom stereocenters. The molecule has 0 saturated heterocycles. The van der Waals surface area contributed by atoms with Crippen molar-refractivity contribution in [2.24, 2.45) is 0 Å². The highest BCUT2D eigenvalue weighted by atomic mass is 19.1. The number of phenolic OH excluding ortho intramolecular Hbond substituents is 2. The summed E-state index contributed by atoms with van der Waals surface area (Å²) in [6.07, 6.45) is 0. The Morgan fingerprint density at radius 1 is 1.11 bits per heavy atom. The quantitative estimate of drug-likeness (QED) is 0.496. The molecule has 9 nitrogen and oxygen atoms in total. The summed E-state index contributed by atoms with van der Waals surface area (Å²) >= 11 is 0. The molecule has 3 rings (SSSR count). The largest absolute Gasteiger partial charge is 0.508 e. The Hall–Kier alpha value is -3.95. The first-order chi connectivity index (χ1) is 12.9. The number of rotatable bonds is 5. The van der Waals surface area contributed by atoms with Crippen molar-refractivity contribution in [3.05, 3.63) is 59.7 Å². The molecule has 0 bridgehead atoms.